The van der Waals surface area contributed by atoms with Gasteiger partial charge in [-0.2, -0.15) is 0 Å². The van der Waals surface area contributed by atoms with Gasteiger partial charge in [-0.1, -0.05) is 17.3 Å². The van der Waals surface area contributed by atoms with Crippen LogP contribution >= 0.6 is 24.0 Å². The van der Waals surface area contributed by atoms with Gasteiger partial charge in [0, 0.05) is 71.0 Å². The zero-order chi connectivity index (χ0) is 22.1. The molecule has 0 radical (unpaired) electrons. The fourth-order valence-corrected chi connectivity index (χ4v) is 3.50. The SMILES string of the molecule is CN=C(NCc1cccc(C(=O)NCCN(C)C)c1)N1CCN(Cc2ccon2)CC1.I. The second-order valence-electron chi connectivity index (χ2n) is 7.91. The molecule has 1 aromatic carbocycles. The number of carbonyl (C=O) groups excluding carboxylic acids is 1. The maximum atomic E-state index is 12.4. The summed E-state index contributed by atoms with van der Waals surface area (Å²) in [6.07, 6.45) is 1.61. The minimum Gasteiger partial charge on any atom is -0.364 e. The Morgan fingerprint density at radius 3 is 2.62 bits per heavy atom. The molecule has 3 rings (SSSR count). The monoisotopic (exact) mass is 555 g/mol. The van der Waals surface area contributed by atoms with Crippen LogP contribution in [0.15, 0.2) is 46.1 Å². The molecule has 1 saturated heterocycles. The Morgan fingerprint density at radius 2 is 1.97 bits per heavy atom. The van der Waals surface area contributed by atoms with Crippen LogP contribution in [0.25, 0.3) is 0 Å². The van der Waals surface area contributed by atoms with Crippen LogP contribution in [0.1, 0.15) is 21.6 Å². The number of piperazine rings is 1. The number of halogens is 1. The van der Waals surface area contributed by atoms with E-state index in [2.05, 4.69) is 30.6 Å². The highest BCUT2D eigenvalue weighted by molar-refractivity contribution is 14.0. The number of benzene rings is 1. The van der Waals surface area contributed by atoms with Gasteiger partial charge in [0.05, 0.1) is 5.69 Å². The molecule has 2 heterocycles. The molecule has 2 aromatic rings. The molecule has 0 unspecified atom stereocenters. The lowest BCUT2D eigenvalue weighted by atomic mass is 10.1. The predicted octanol–water partition coefficient (Wildman–Crippen LogP) is 1.48. The zero-order valence-corrected chi connectivity index (χ0v) is 21.4. The summed E-state index contributed by atoms with van der Waals surface area (Å²) in [5.41, 5.74) is 2.68. The highest BCUT2D eigenvalue weighted by Gasteiger charge is 2.20. The van der Waals surface area contributed by atoms with Gasteiger partial charge in [-0.05, 0) is 31.8 Å². The molecule has 1 amide bonds. The molecule has 2 N–H and O–H groups in total. The molecule has 0 aliphatic carbocycles. The average molecular weight is 555 g/mol. The molecule has 1 fully saturated rings. The van der Waals surface area contributed by atoms with E-state index in [1.165, 1.54) is 0 Å². The smallest absolute Gasteiger partial charge is 0.251 e. The second-order valence-corrected chi connectivity index (χ2v) is 7.91. The Morgan fingerprint density at radius 1 is 1.19 bits per heavy atom. The van der Waals surface area contributed by atoms with E-state index < -0.39 is 0 Å². The molecular weight excluding hydrogens is 521 g/mol. The van der Waals surface area contributed by atoms with Crippen molar-refractivity contribution in [3.8, 4) is 0 Å². The number of nitrogens with one attached hydrogen (secondary N) is 2. The van der Waals surface area contributed by atoms with E-state index in [-0.39, 0.29) is 29.9 Å². The maximum absolute atomic E-state index is 12.4. The van der Waals surface area contributed by atoms with Crippen LogP contribution in [0.5, 0.6) is 0 Å². The lowest BCUT2D eigenvalue weighted by Gasteiger charge is -2.36. The lowest BCUT2D eigenvalue weighted by molar-refractivity contribution is 0.0951. The summed E-state index contributed by atoms with van der Waals surface area (Å²) in [7, 11) is 5.78. The molecule has 1 aliphatic rings. The molecule has 10 heteroatoms. The van der Waals surface area contributed by atoms with E-state index in [1.54, 1.807) is 13.3 Å². The van der Waals surface area contributed by atoms with Gasteiger partial charge in [0.15, 0.2) is 5.96 Å². The first-order valence-electron chi connectivity index (χ1n) is 10.6. The van der Waals surface area contributed by atoms with E-state index in [0.717, 1.165) is 56.5 Å². The molecular formula is C22H34IN7O2. The molecule has 0 spiro atoms. The van der Waals surface area contributed by atoms with E-state index in [4.69, 9.17) is 4.52 Å². The van der Waals surface area contributed by atoms with Gasteiger partial charge in [0.1, 0.15) is 6.26 Å². The number of likely N-dealkylation sites (N-methyl/N-ethyl adjacent to an activating group) is 1. The zero-order valence-electron chi connectivity index (χ0n) is 19.1. The highest BCUT2D eigenvalue weighted by Crippen LogP contribution is 2.09. The molecule has 9 nitrogen and oxygen atoms in total. The molecule has 1 aromatic heterocycles. The summed E-state index contributed by atoms with van der Waals surface area (Å²) in [4.78, 5) is 23.5. The second kappa shape index (κ2) is 13.4. The van der Waals surface area contributed by atoms with E-state index in [9.17, 15) is 4.79 Å². The summed E-state index contributed by atoms with van der Waals surface area (Å²) in [5.74, 6) is 0.832. The lowest BCUT2D eigenvalue weighted by Crippen LogP contribution is -2.52. The van der Waals surface area contributed by atoms with Crippen LogP contribution in [-0.4, -0.2) is 92.1 Å². The Bertz CT molecular complexity index is 850. The summed E-state index contributed by atoms with van der Waals surface area (Å²) >= 11 is 0. The first-order chi connectivity index (χ1) is 15.0. The molecule has 1 aliphatic heterocycles. The van der Waals surface area contributed by atoms with Crippen molar-refractivity contribution in [2.24, 2.45) is 4.99 Å². The number of aliphatic imine (C=N–C) groups is 1. The van der Waals surface area contributed by atoms with Crippen molar-refractivity contribution in [3.63, 3.8) is 0 Å². The van der Waals surface area contributed by atoms with Crippen molar-refractivity contribution < 1.29 is 9.32 Å². The van der Waals surface area contributed by atoms with Crippen molar-refractivity contribution in [2.75, 3.05) is 60.4 Å². The van der Waals surface area contributed by atoms with Gasteiger partial charge in [0.2, 0.25) is 0 Å². The van der Waals surface area contributed by atoms with Crippen LogP contribution in [0.4, 0.5) is 0 Å². The summed E-state index contributed by atoms with van der Waals surface area (Å²) in [6, 6.07) is 9.62. The third-order valence-electron chi connectivity index (χ3n) is 5.24. The molecule has 176 valence electrons. The quantitative estimate of drug-likeness (QED) is 0.290. The van der Waals surface area contributed by atoms with Crippen LogP contribution in [0, 0.1) is 0 Å². The molecule has 32 heavy (non-hydrogen) atoms. The predicted molar refractivity (Wildman–Crippen MR) is 136 cm³/mol. The molecule has 0 bridgehead atoms. The van der Waals surface area contributed by atoms with Crippen LogP contribution in [0.3, 0.4) is 0 Å². The van der Waals surface area contributed by atoms with Gasteiger partial charge in [0.25, 0.3) is 5.91 Å². The standard InChI is InChI=1S/C22H33N7O2.HI/c1-23-22(29-12-10-28(11-13-29)17-20-7-14-31-26-20)25-16-18-5-4-6-19(15-18)21(30)24-8-9-27(2)3;/h4-7,14-15H,8-13,16-17H2,1-3H3,(H,23,25)(H,24,30);1H. The number of rotatable bonds is 8. The van der Waals surface area contributed by atoms with Crippen LogP contribution in [-0.2, 0) is 13.1 Å². The summed E-state index contributed by atoms with van der Waals surface area (Å²) in [5, 5.41) is 10.4. The van der Waals surface area contributed by atoms with Crippen LogP contribution < -0.4 is 10.6 Å². The highest BCUT2D eigenvalue weighted by atomic mass is 127. The Kier molecular flexibility index (Phi) is 10.9. The minimum absolute atomic E-state index is 0. The van der Waals surface area contributed by atoms with Crippen molar-refractivity contribution in [1.29, 1.82) is 0 Å². The number of carbonyl (C=O) groups is 1. The average Bonchev–Trinajstić information content (AvgIpc) is 3.28. The van der Waals surface area contributed by atoms with Crippen molar-refractivity contribution in [3.05, 3.63) is 53.4 Å². The Balaban J connectivity index is 0.00000363. The Hall–Kier alpha value is -2.18. The first kappa shape index (κ1) is 26.1. The number of nitrogens with zero attached hydrogens (tertiary/aromatic N) is 5. The molecule has 0 saturated carbocycles. The van der Waals surface area contributed by atoms with Gasteiger partial charge in [-0.3, -0.25) is 14.7 Å². The van der Waals surface area contributed by atoms with E-state index >= 15 is 0 Å². The number of hydrogen-bond acceptors (Lipinski definition) is 6. The largest absolute Gasteiger partial charge is 0.364 e. The number of amides is 1. The fraction of sp³-hybridized carbons (Fsp3) is 0.500. The van der Waals surface area contributed by atoms with Crippen molar-refractivity contribution in [2.45, 2.75) is 13.1 Å². The number of aromatic nitrogens is 1. The van der Waals surface area contributed by atoms with E-state index in [0.29, 0.717) is 18.7 Å². The van der Waals surface area contributed by atoms with Gasteiger partial charge < -0.3 is 25.0 Å². The summed E-state index contributed by atoms with van der Waals surface area (Å²) < 4.78 is 4.92. The fourth-order valence-electron chi connectivity index (χ4n) is 3.50. The third-order valence-corrected chi connectivity index (χ3v) is 5.24. The van der Waals surface area contributed by atoms with Crippen LogP contribution in [0.2, 0.25) is 0 Å². The summed E-state index contributed by atoms with van der Waals surface area (Å²) in [6.45, 7) is 6.53. The maximum Gasteiger partial charge on any atom is 0.251 e. The minimum atomic E-state index is -0.0451. The number of hydrogen-bond donors (Lipinski definition) is 2. The third kappa shape index (κ3) is 8.06. The van der Waals surface area contributed by atoms with Gasteiger partial charge in [-0.15, -0.1) is 24.0 Å². The number of guanidine groups is 1. The Labute approximate surface area is 207 Å². The normalized spacial score (nSPS) is 14.9. The first-order valence-corrected chi connectivity index (χ1v) is 10.6. The van der Waals surface area contributed by atoms with Gasteiger partial charge in [-0.25, -0.2) is 0 Å². The van der Waals surface area contributed by atoms with Crippen molar-refractivity contribution in [1.82, 2.24) is 30.5 Å². The van der Waals surface area contributed by atoms with Gasteiger partial charge >= 0.3 is 0 Å². The molecule has 0 atom stereocenters. The van der Waals surface area contributed by atoms with Crippen molar-refractivity contribution >= 4 is 35.8 Å². The van der Waals surface area contributed by atoms with E-state index in [1.807, 2.05) is 49.3 Å². The topological polar surface area (TPSA) is 89.2 Å².